The van der Waals surface area contributed by atoms with Gasteiger partial charge in [0.05, 0.1) is 12.5 Å². The Morgan fingerprint density at radius 3 is 2.47 bits per heavy atom. The molecule has 2 rings (SSSR count). The van der Waals surface area contributed by atoms with Crippen molar-refractivity contribution in [1.82, 2.24) is 0 Å². The zero-order valence-electron chi connectivity index (χ0n) is 12.1. The van der Waals surface area contributed by atoms with E-state index in [1.807, 2.05) is 20.8 Å². The maximum Gasteiger partial charge on any atom is 0.304 e. The molecule has 104 valence electrons. The number of aliphatic carboxylic acids is 1. The van der Waals surface area contributed by atoms with E-state index in [0.717, 1.165) is 29.7 Å². The normalized spacial score (nSPS) is 16.5. The fourth-order valence-corrected chi connectivity index (χ4v) is 2.58. The summed E-state index contributed by atoms with van der Waals surface area (Å²) >= 11 is 0. The van der Waals surface area contributed by atoms with Crippen molar-refractivity contribution < 1.29 is 14.6 Å². The summed E-state index contributed by atoms with van der Waals surface area (Å²) in [5.74, 6) is 0.167. The fraction of sp³-hybridized carbons (Fsp3) is 0.562. The first kappa shape index (κ1) is 13.9. The Labute approximate surface area is 114 Å². The first-order valence-electron chi connectivity index (χ1n) is 6.85. The lowest BCUT2D eigenvalue weighted by atomic mass is 9.89. The summed E-state index contributed by atoms with van der Waals surface area (Å²) in [7, 11) is 0. The molecule has 0 heterocycles. The molecule has 1 fully saturated rings. The predicted octanol–water partition coefficient (Wildman–Crippen LogP) is 3.60. The number of aryl methyl sites for hydroxylation is 1. The van der Waals surface area contributed by atoms with E-state index in [1.165, 1.54) is 5.56 Å². The number of hydrogen-bond donors (Lipinski definition) is 1. The molecule has 19 heavy (non-hydrogen) atoms. The number of carboxylic acid groups (broad SMARTS) is 1. The van der Waals surface area contributed by atoms with E-state index in [4.69, 9.17) is 9.84 Å². The first-order chi connectivity index (χ1) is 8.85. The Hall–Kier alpha value is -1.51. The SMILES string of the molecule is Cc1ccc(C2(CC(=O)O)CC2)c(OC(C)C)c1C. The van der Waals surface area contributed by atoms with Gasteiger partial charge in [-0.3, -0.25) is 4.79 Å². The number of carbonyl (C=O) groups is 1. The summed E-state index contributed by atoms with van der Waals surface area (Å²) in [6.45, 7) is 8.11. The van der Waals surface area contributed by atoms with Gasteiger partial charge in [0, 0.05) is 11.0 Å². The van der Waals surface area contributed by atoms with Crippen LogP contribution in [0.2, 0.25) is 0 Å². The molecule has 3 nitrogen and oxygen atoms in total. The highest BCUT2D eigenvalue weighted by molar-refractivity contribution is 5.71. The topological polar surface area (TPSA) is 46.5 Å². The smallest absolute Gasteiger partial charge is 0.304 e. The standard InChI is InChI=1S/C16H22O3/c1-10(2)19-15-12(4)11(3)5-6-13(15)16(7-8-16)9-14(17)18/h5-6,10H,7-9H2,1-4H3,(H,17,18). The number of rotatable bonds is 5. The van der Waals surface area contributed by atoms with Gasteiger partial charge in [0.25, 0.3) is 0 Å². The molecule has 3 heteroatoms. The Morgan fingerprint density at radius 1 is 1.37 bits per heavy atom. The van der Waals surface area contributed by atoms with E-state index in [9.17, 15) is 4.79 Å². The molecule has 0 bridgehead atoms. The van der Waals surface area contributed by atoms with E-state index in [-0.39, 0.29) is 17.9 Å². The fourth-order valence-electron chi connectivity index (χ4n) is 2.58. The van der Waals surface area contributed by atoms with Crippen LogP contribution >= 0.6 is 0 Å². The molecule has 1 saturated carbocycles. The van der Waals surface area contributed by atoms with Crippen LogP contribution in [-0.2, 0) is 10.2 Å². The zero-order valence-corrected chi connectivity index (χ0v) is 12.1. The average Bonchev–Trinajstić information content (AvgIpc) is 3.04. The Bertz CT molecular complexity index is 499. The van der Waals surface area contributed by atoms with E-state index in [2.05, 4.69) is 19.1 Å². The predicted molar refractivity (Wildman–Crippen MR) is 74.8 cm³/mol. The minimum absolute atomic E-state index is 0.0971. The van der Waals surface area contributed by atoms with Gasteiger partial charge in [0.2, 0.25) is 0 Å². The average molecular weight is 262 g/mol. The molecular weight excluding hydrogens is 240 g/mol. The number of carboxylic acids is 1. The van der Waals surface area contributed by atoms with Gasteiger partial charge in [-0.05, 0) is 51.7 Å². The first-order valence-corrected chi connectivity index (χ1v) is 6.85. The second-order valence-corrected chi connectivity index (χ2v) is 5.90. The lowest BCUT2D eigenvalue weighted by Gasteiger charge is -2.23. The van der Waals surface area contributed by atoms with Crippen molar-refractivity contribution >= 4 is 5.97 Å². The third-order valence-corrected chi connectivity index (χ3v) is 3.94. The minimum atomic E-state index is -0.730. The summed E-state index contributed by atoms with van der Waals surface area (Å²) in [4.78, 5) is 11.1. The van der Waals surface area contributed by atoms with Gasteiger partial charge in [-0.25, -0.2) is 0 Å². The molecule has 1 aromatic rings. The highest BCUT2D eigenvalue weighted by atomic mass is 16.5. The van der Waals surface area contributed by atoms with Crippen molar-refractivity contribution in [1.29, 1.82) is 0 Å². The third-order valence-electron chi connectivity index (χ3n) is 3.94. The van der Waals surface area contributed by atoms with Gasteiger partial charge in [0.1, 0.15) is 5.75 Å². The van der Waals surface area contributed by atoms with Crippen LogP contribution < -0.4 is 4.74 Å². The monoisotopic (exact) mass is 262 g/mol. The summed E-state index contributed by atoms with van der Waals surface area (Å²) in [6.07, 6.45) is 2.18. The Kier molecular flexibility index (Phi) is 3.57. The number of benzene rings is 1. The van der Waals surface area contributed by atoms with Gasteiger partial charge >= 0.3 is 5.97 Å². The molecule has 0 aromatic heterocycles. The van der Waals surface area contributed by atoms with Crippen LogP contribution in [0.15, 0.2) is 12.1 Å². The summed E-state index contributed by atoms with van der Waals surface area (Å²) in [6, 6.07) is 4.12. The Balaban J connectivity index is 2.45. The van der Waals surface area contributed by atoms with Crippen molar-refractivity contribution in [2.24, 2.45) is 0 Å². The van der Waals surface area contributed by atoms with E-state index >= 15 is 0 Å². The molecule has 0 amide bonds. The minimum Gasteiger partial charge on any atom is -0.490 e. The van der Waals surface area contributed by atoms with E-state index in [0.29, 0.717) is 0 Å². The second kappa shape index (κ2) is 4.87. The number of ether oxygens (including phenoxy) is 1. The highest BCUT2D eigenvalue weighted by Crippen LogP contribution is 2.54. The highest BCUT2D eigenvalue weighted by Gasteiger charge is 2.48. The number of hydrogen-bond acceptors (Lipinski definition) is 2. The maximum absolute atomic E-state index is 11.1. The molecule has 0 spiro atoms. The van der Waals surface area contributed by atoms with Crippen molar-refractivity contribution in [3.05, 3.63) is 28.8 Å². The maximum atomic E-state index is 11.1. The molecule has 1 aliphatic carbocycles. The van der Waals surface area contributed by atoms with Gasteiger partial charge in [-0.15, -0.1) is 0 Å². The molecule has 1 aromatic carbocycles. The summed E-state index contributed by atoms with van der Waals surface area (Å²) in [5, 5.41) is 9.11. The van der Waals surface area contributed by atoms with Crippen molar-refractivity contribution in [3.63, 3.8) is 0 Å². The second-order valence-electron chi connectivity index (χ2n) is 5.90. The summed E-state index contributed by atoms with van der Waals surface area (Å²) < 4.78 is 5.97. The van der Waals surface area contributed by atoms with Crippen LogP contribution in [0.1, 0.15) is 49.8 Å². The van der Waals surface area contributed by atoms with Crippen molar-refractivity contribution in [2.75, 3.05) is 0 Å². The van der Waals surface area contributed by atoms with Crippen LogP contribution in [0.25, 0.3) is 0 Å². The van der Waals surface area contributed by atoms with Gasteiger partial charge in [-0.2, -0.15) is 0 Å². The lowest BCUT2D eigenvalue weighted by molar-refractivity contribution is -0.137. The van der Waals surface area contributed by atoms with E-state index < -0.39 is 5.97 Å². The van der Waals surface area contributed by atoms with Crippen molar-refractivity contribution in [2.45, 2.75) is 58.5 Å². The molecule has 0 aliphatic heterocycles. The lowest BCUT2D eigenvalue weighted by Crippen LogP contribution is -2.17. The van der Waals surface area contributed by atoms with Crippen LogP contribution in [0.3, 0.4) is 0 Å². The molecule has 0 saturated heterocycles. The van der Waals surface area contributed by atoms with Crippen LogP contribution in [0.5, 0.6) is 5.75 Å². The molecule has 1 aliphatic rings. The quantitative estimate of drug-likeness (QED) is 0.882. The van der Waals surface area contributed by atoms with Gasteiger partial charge < -0.3 is 9.84 Å². The van der Waals surface area contributed by atoms with E-state index in [1.54, 1.807) is 0 Å². The van der Waals surface area contributed by atoms with Gasteiger partial charge in [0.15, 0.2) is 0 Å². The molecule has 0 unspecified atom stereocenters. The largest absolute Gasteiger partial charge is 0.490 e. The molecule has 0 atom stereocenters. The van der Waals surface area contributed by atoms with Gasteiger partial charge in [-0.1, -0.05) is 12.1 Å². The summed E-state index contributed by atoms with van der Waals surface area (Å²) in [5.41, 5.74) is 3.19. The third kappa shape index (κ3) is 2.75. The van der Waals surface area contributed by atoms with Crippen LogP contribution in [0.4, 0.5) is 0 Å². The van der Waals surface area contributed by atoms with Crippen molar-refractivity contribution in [3.8, 4) is 5.75 Å². The van der Waals surface area contributed by atoms with Crippen LogP contribution in [-0.4, -0.2) is 17.2 Å². The Morgan fingerprint density at radius 2 is 2.00 bits per heavy atom. The molecule has 1 N–H and O–H groups in total. The molecule has 0 radical (unpaired) electrons. The molecular formula is C16H22O3. The zero-order chi connectivity index (χ0) is 14.2. The van der Waals surface area contributed by atoms with Crippen LogP contribution in [0, 0.1) is 13.8 Å².